The lowest BCUT2D eigenvalue weighted by Gasteiger charge is -2.13. The second kappa shape index (κ2) is 8.51. The molecule has 0 amide bonds. The number of para-hydroxylation sites is 2. The van der Waals surface area contributed by atoms with Crippen molar-refractivity contribution in [2.24, 2.45) is 0 Å². The van der Waals surface area contributed by atoms with E-state index in [2.05, 4.69) is 64.0 Å². The molecule has 5 nitrogen and oxygen atoms in total. The van der Waals surface area contributed by atoms with Gasteiger partial charge in [-0.3, -0.25) is 0 Å². The Morgan fingerprint density at radius 2 is 1.07 bits per heavy atom. The van der Waals surface area contributed by atoms with Crippen LogP contribution in [0.25, 0.3) is 97.8 Å². The Kier molecular flexibility index (Phi) is 4.53. The number of benzene rings is 7. The highest BCUT2D eigenvalue weighted by molar-refractivity contribution is 6.30. The highest BCUT2D eigenvalue weighted by Gasteiger charge is 2.23. The van der Waals surface area contributed by atoms with Crippen molar-refractivity contribution < 1.29 is 8.83 Å². The van der Waals surface area contributed by atoms with Crippen LogP contribution < -0.4 is 0 Å². The molecular weight excluding hydrogens is 554 g/mol. The largest absolute Gasteiger partial charge is 0.455 e. The van der Waals surface area contributed by atoms with Gasteiger partial charge in [0.25, 0.3) is 0 Å². The van der Waals surface area contributed by atoms with Crippen LogP contribution in [0.1, 0.15) is 5.56 Å². The fourth-order valence-electron chi connectivity index (χ4n) is 7.35. The van der Waals surface area contributed by atoms with Crippen molar-refractivity contribution in [2.45, 2.75) is 0 Å². The predicted octanol–water partition coefficient (Wildman–Crippen LogP) is 11.3. The Morgan fingerprint density at radius 3 is 1.64 bits per heavy atom. The van der Waals surface area contributed by atoms with Gasteiger partial charge in [0.2, 0.25) is 5.69 Å². The van der Waals surface area contributed by atoms with Gasteiger partial charge in [-0.2, -0.15) is 5.26 Å². The molecule has 0 saturated carbocycles. The maximum atomic E-state index is 10.1. The molecule has 5 heteroatoms. The van der Waals surface area contributed by atoms with Crippen molar-refractivity contribution in [3.05, 3.63) is 132 Å². The first-order valence-corrected chi connectivity index (χ1v) is 14.7. The summed E-state index contributed by atoms with van der Waals surface area (Å²) in [7, 11) is 0. The van der Waals surface area contributed by atoms with Crippen molar-refractivity contribution in [3.8, 4) is 11.8 Å². The average molecular weight is 574 g/mol. The number of hydrogen-bond donors (Lipinski definition) is 0. The van der Waals surface area contributed by atoms with E-state index in [1.807, 2.05) is 66.7 Å². The Bertz CT molecular complexity index is 2890. The summed E-state index contributed by atoms with van der Waals surface area (Å²) < 4.78 is 15.4. The third-order valence-corrected chi connectivity index (χ3v) is 9.25. The third kappa shape index (κ3) is 2.99. The smallest absolute Gasteiger partial charge is 0.212 e. The number of rotatable bonds is 1. The molecular formula is C40H19N3O2. The van der Waals surface area contributed by atoms with Crippen LogP contribution >= 0.6 is 0 Å². The number of furan rings is 2. The first-order valence-electron chi connectivity index (χ1n) is 14.7. The van der Waals surface area contributed by atoms with Crippen LogP contribution in [0.4, 0.5) is 5.69 Å². The molecule has 0 radical (unpaired) electrons. The zero-order valence-corrected chi connectivity index (χ0v) is 23.6. The number of nitrogens with zero attached hydrogens (tertiary/aromatic N) is 3. The van der Waals surface area contributed by atoms with E-state index >= 15 is 0 Å². The molecule has 0 spiro atoms. The van der Waals surface area contributed by atoms with Gasteiger partial charge in [-0.1, -0.05) is 66.7 Å². The predicted molar refractivity (Wildman–Crippen MR) is 181 cm³/mol. The van der Waals surface area contributed by atoms with Crippen LogP contribution in [0, 0.1) is 17.9 Å². The Balaban J connectivity index is 1.41. The molecule has 0 aliphatic rings. The second-order valence-corrected chi connectivity index (χ2v) is 11.4. The maximum Gasteiger partial charge on any atom is 0.212 e. The standard InChI is InChI=1S/C40H19N3O2/c1-42-38-30-20-22(14-15-25(30)23-8-2-3-9-24(23)31(38)21-41)43-32-18-16-28-26-10-4-6-12-34(26)44-39(28)36(32)37-33(43)19-17-29-27-11-5-7-13-35(27)45-40(29)37/h2-20H. The van der Waals surface area contributed by atoms with Crippen LogP contribution in [0.15, 0.2) is 124 Å². The van der Waals surface area contributed by atoms with E-state index in [9.17, 15) is 5.26 Å². The lowest BCUT2D eigenvalue weighted by atomic mass is 9.95. The molecule has 0 saturated heterocycles. The summed E-state index contributed by atoms with van der Waals surface area (Å²) in [6, 6.07) is 41.1. The van der Waals surface area contributed by atoms with Crippen LogP contribution in [0.3, 0.4) is 0 Å². The minimum Gasteiger partial charge on any atom is -0.455 e. The summed E-state index contributed by atoms with van der Waals surface area (Å²) in [4.78, 5) is 3.89. The van der Waals surface area contributed by atoms with Crippen molar-refractivity contribution in [3.63, 3.8) is 0 Å². The number of aromatic nitrogens is 1. The minimum absolute atomic E-state index is 0.369. The van der Waals surface area contributed by atoms with E-state index in [-0.39, 0.29) is 0 Å². The van der Waals surface area contributed by atoms with Gasteiger partial charge in [0.05, 0.1) is 40.0 Å². The lowest BCUT2D eigenvalue weighted by Crippen LogP contribution is -1.95. The third-order valence-electron chi connectivity index (χ3n) is 9.25. The number of fused-ring (bicyclic) bond motifs is 14. The van der Waals surface area contributed by atoms with Crippen LogP contribution in [0.5, 0.6) is 0 Å². The first kappa shape index (κ1) is 23.9. The van der Waals surface area contributed by atoms with Gasteiger partial charge in [0.15, 0.2) is 0 Å². The summed E-state index contributed by atoms with van der Waals surface area (Å²) in [6.07, 6.45) is 0. The zero-order valence-electron chi connectivity index (χ0n) is 23.6. The van der Waals surface area contributed by atoms with Crippen LogP contribution in [-0.2, 0) is 0 Å². The molecule has 10 aromatic rings. The van der Waals surface area contributed by atoms with E-state index in [0.717, 1.165) is 92.9 Å². The molecule has 206 valence electrons. The number of nitriles is 1. The highest BCUT2D eigenvalue weighted by Crippen LogP contribution is 2.46. The molecule has 3 heterocycles. The zero-order chi connectivity index (χ0) is 29.8. The Hall–Kier alpha value is -6.56. The van der Waals surface area contributed by atoms with Crippen LogP contribution in [-0.4, -0.2) is 4.57 Å². The normalized spacial score (nSPS) is 12.0. The quantitative estimate of drug-likeness (QED) is 0.145. The summed E-state index contributed by atoms with van der Waals surface area (Å²) in [5, 5.41) is 19.8. The van der Waals surface area contributed by atoms with Gasteiger partial charge < -0.3 is 13.4 Å². The topological polar surface area (TPSA) is 59.4 Å². The van der Waals surface area contributed by atoms with Gasteiger partial charge >= 0.3 is 0 Å². The van der Waals surface area contributed by atoms with Crippen molar-refractivity contribution >= 4 is 92.9 Å². The number of hydrogen-bond acceptors (Lipinski definition) is 3. The monoisotopic (exact) mass is 573 g/mol. The van der Waals surface area contributed by atoms with E-state index in [0.29, 0.717) is 11.3 Å². The summed E-state index contributed by atoms with van der Waals surface area (Å²) in [6.45, 7) is 8.08. The molecule has 0 N–H and O–H groups in total. The second-order valence-electron chi connectivity index (χ2n) is 11.4. The van der Waals surface area contributed by atoms with Gasteiger partial charge in [-0.25, -0.2) is 4.85 Å². The van der Waals surface area contributed by atoms with Gasteiger partial charge in [-0.05, 0) is 70.1 Å². The average Bonchev–Trinajstić information content (AvgIpc) is 3.76. The van der Waals surface area contributed by atoms with Crippen molar-refractivity contribution in [1.82, 2.24) is 4.57 Å². The molecule has 3 aromatic heterocycles. The fourth-order valence-corrected chi connectivity index (χ4v) is 7.35. The molecule has 45 heavy (non-hydrogen) atoms. The Labute approximate surface area is 255 Å². The van der Waals surface area contributed by atoms with E-state index in [1.165, 1.54) is 0 Å². The first-order chi connectivity index (χ1) is 22.2. The van der Waals surface area contributed by atoms with Gasteiger partial charge in [0.1, 0.15) is 22.3 Å². The van der Waals surface area contributed by atoms with E-state index < -0.39 is 0 Å². The summed E-state index contributed by atoms with van der Waals surface area (Å²) in [5.74, 6) is 0. The summed E-state index contributed by atoms with van der Waals surface area (Å²) in [5.41, 5.74) is 6.88. The molecule has 0 fully saturated rings. The molecule has 0 aliphatic carbocycles. The molecule has 0 aliphatic heterocycles. The van der Waals surface area contributed by atoms with Crippen LogP contribution in [0.2, 0.25) is 0 Å². The fraction of sp³-hybridized carbons (Fsp3) is 0. The Morgan fingerprint density at radius 1 is 0.556 bits per heavy atom. The van der Waals surface area contributed by atoms with Crippen molar-refractivity contribution in [1.29, 1.82) is 5.26 Å². The SMILES string of the molecule is [C-]#[N+]c1c(C#N)c2ccccc2c2ccc(-n3c4ccc5c6ccccc6oc5c4c4c5oc6ccccc6c5ccc43)cc12. The van der Waals surface area contributed by atoms with Gasteiger partial charge in [0, 0.05) is 27.2 Å². The molecule has 0 atom stereocenters. The highest BCUT2D eigenvalue weighted by atomic mass is 16.3. The summed E-state index contributed by atoms with van der Waals surface area (Å²) >= 11 is 0. The van der Waals surface area contributed by atoms with E-state index in [4.69, 9.17) is 15.4 Å². The molecule has 0 unspecified atom stereocenters. The van der Waals surface area contributed by atoms with Crippen molar-refractivity contribution in [2.75, 3.05) is 0 Å². The molecule has 0 bridgehead atoms. The molecule has 7 aromatic carbocycles. The minimum atomic E-state index is 0.369. The van der Waals surface area contributed by atoms with E-state index in [1.54, 1.807) is 0 Å². The maximum absolute atomic E-state index is 10.1. The van der Waals surface area contributed by atoms with Gasteiger partial charge in [-0.15, -0.1) is 0 Å². The molecule has 10 rings (SSSR count). The lowest BCUT2D eigenvalue weighted by molar-refractivity contribution is 0.670.